The van der Waals surface area contributed by atoms with Crippen molar-refractivity contribution in [1.29, 1.82) is 0 Å². The lowest BCUT2D eigenvalue weighted by molar-refractivity contribution is 0.0628. The Morgan fingerprint density at radius 3 is 2.29 bits per heavy atom. The lowest BCUT2D eigenvalue weighted by Crippen LogP contribution is -2.48. The summed E-state index contributed by atoms with van der Waals surface area (Å²) in [5, 5.41) is 1.97. The van der Waals surface area contributed by atoms with Gasteiger partial charge in [-0.15, -0.1) is 0 Å². The van der Waals surface area contributed by atoms with Crippen LogP contribution in [0.1, 0.15) is 32.7 Å². The Bertz CT molecular complexity index is 1320. The number of piperazine rings is 1. The zero-order valence-electron chi connectivity index (χ0n) is 19.8. The van der Waals surface area contributed by atoms with Crippen molar-refractivity contribution in [3.05, 3.63) is 106 Å². The molecule has 5 heteroatoms. The number of hydrogen-bond donors (Lipinski definition) is 0. The van der Waals surface area contributed by atoms with E-state index in [-0.39, 0.29) is 5.91 Å². The minimum absolute atomic E-state index is 0.118. The van der Waals surface area contributed by atoms with E-state index < -0.39 is 0 Å². The minimum atomic E-state index is 0.118. The number of carbonyl (C=O) groups is 1. The highest BCUT2D eigenvalue weighted by atomic mass is 35.5. The topological polar surface area (TPSA) is 28.5 Å². The van der Waals surface area contributed by atoms with E-state index in [1.165, 1.54) is 22.3 Å². The van der Waals surface area contributed by atoms with Crippen molar-refractivity contribution >= 4 is 28.4 Å². The number of rotatable bonds is 5. The second-order valence-electron chi connectivity index (χ2n) is 9.17. The van der Waals surface area contributed by atoms with Crippen LogP contribution in [0.3, 0.4) is 0 Å². The molecule has 0 atom stereocenters. The van der Waals surface area contributed by atoms with E-state index >= 15 is 0 Å². The van der Waals surface area contributed by atoms with Gasteiger partial charge in [-0.05, 0) is 54.8 Å². The number of fused-ring (bicyclic) bond motifs is 1. The standard InChI is InChI=1S/C29H30ClN3O/c1-21-22(2)33(19-23-8-4-3-5-9-23)28-13-12-24(18-26(21)28)29(34)32-16-14-31(15-17-32)20-25-10-6-7-11-27(25)30/h3-13,18H,14-17,19-20H2,1-2H3. The van der Waals surface area contributed by atoms with Crippen molar-refractivity contribution in [1.82, 2.24) is 14.4 Å². The van der Waals surface area contributed by atoms with E-state index in [9.17, 15) is 4.79 Å². The maximum atomic E-state index is 13.3. The average Bonchev–Trinajstić information content (AvgIpc) is 3.10. The molecule has 1 fully saturated rings. The molecular weight excluding hydrogens is 442 g/mol. The Hall–Kier alpha value is -3.08. The molecule has 3 aromatic carbocycles. The lowest BCUT2D eigenvalue weighted by atomic mass is 10.1. The maximum absolute atomic E-state index is 13.3. The normalized spacial score (nSPS) is 14.6. The average molecular weight is 472 g/mol. The van der Waals surface area contributed by atoms with Crippen molar-refractivity contribution < 1.29 is 4.79 Å². The van der Waals surface area contributed by atoms with Gasteiger partial charge in [0.15, 0.2) is 0 Å². The van der Waals surface area contributed by atoms with E-state index in [0.717, 1.165) is 60.8 Å². The third-order valence-electron chi connectivity index (χ3n) is 7.08. The van der Waals surface area contributed by atoms with Crippen molar-refractivity contribution in [3.8, 4) is 0 Å². The molecule has 1 aromatic heterocycles. The number of halogens is 1. The Balaban J connectivity index is 1.30. The second kappa shape index (κ2) is 9.65. The van der Waals surface area contributed by atoms with Gasteiger partial charge in [-0.1, -0.05) is 60.1 Å². The minimum Gasteiger partial charge on any atom is -0.340 e. The monoisotopic (exact) mass is 471 g/mol. The number of nitrogens with zero attached hydrogens (tertiary/aromatic N) is 3. The fourth-order valence-corrected chi connectivity index (χ4v) is 5.11. The van der Waals surface area contributed by atoms with Gasteiger partial charge in [0.05, 0.1) is 0 Å². The molecule has 1 aliphatic rings. The summed E-state index contributed by atoms with van der Waals surface area (Å²) < 4.78 is 2.35. The summed E-state index contributed by atoms with van der Waals surface area (Å²) in [6, 6.07) is 24.7. The fraction of sp³-hybridized carbons (Fsp3) is 0.276. The summed E-state index contributed by atoms with van der Waals surface area (Å²) in [4.78, 5) is 17.7. The third kappa shape index (κ3) is 4.48. The SMILES string of the molecule is Cc1c(C)n(Cc2ccccc2)c2ccc(C(=O)N3CCN(Cc4ccccc4Cl)CC3)cc12. The van der Waals surface area contributed by atoms with E-state index in [0.29, 0.717) is 0 Å². The molecule has 0 radical (unpaired) electrons. The van der Waals surface area contributed by atoms with Gasteiger partial charge in [0.2, 0.25) is 0 Å². The molecule has 1 saturated heterocycles. The fourth-order valence-electron chi connectivity index (χ4n) is 4.91. The van der Waals surface area contributed by atoms with Gasteiger partial charge in [-0.3, -0.25) is 9.69 Å². The van der Waals surface area contributed by atoms with Crippen molar-refractivity contribution in [2.24, 2.45) is 0 Å². The van der Waals surface area contributed by atoms with Gasteiger partial charge in [0.1, 0.15) is 0 Å². The quantitative estimate of drug-likeness (QED) is 0.361. The number of carbonyl (C=O) groups excluding carboxylic acids is 1. The van der Waals surface area contributed by atoms with Gasteiger partial charge >= 0.3 is 0 Å². The molecule has 1 amide bonds. The summed E-state index contributed by atoms with van der Waals surface area (Å²) in [6.45, 7) is 9.13. The van der Waals surface area contributed by atoms with Crippen LogP contribution in [0, 0.1) is 13.8 Å². The number of benzene rings is 3. The predicted octanol–water partition coefficient (Wildman–Crippen LogP) is 5.92. The predicted molar refractivity (Wildman–Crippen MR) is 140 cm³/mol. The van der Waals surface area contributed by atoms with Crippen molar-refractivity contribution in [2.75, 3.05) is 26.2 Å². The summed E-state index contributed by atoms with van der Waals surface area (Å²) in [5.41, 5.74) is 6.85. The molecular formula is C29H30ClN3O. The number of aromatic nitrogens is 1. The van der Waals surface area contributed by atoms with Crippen LogP contribution < -0.4 is 0 Å². The number of aryl methyl sites for hydroxylation is 1. The van der Waals surface area contributed by atoms with Crippen LogP contribution >= 0.6 is 11.6 Å². The molecule has 4 nitrogen and oxygen atoms in total. The number of amides is 1. The van der Waals surface area contributed by atoms with Crippen LogP contribution in [0.25, 0.3) is 10.9 Å². The van der Waals surface area contributed by atoms with E-state index in [4.69, 9.17) is 11.6 Å². The summed E-state index contributed by atoms with van der Waals surface area (Å²) in [7, 11) is 0. The number of hydrogen-bond acceptors (Lipinski definition) is 2. The molecule has 0 spiro atoms. The summed E-state index contributed by atoms with van der Waals surface area (Å²) >= 11 is 6.33. The molecule has 0 saturated carbocycles. The smallest absolute Gasteiger partial charge is 0.253 e. The van der Waals surface area contributed by atoms with Crippen LogP contribution in [0.2, 0.25) is 5.02 Å². The molecule has 0 N–H and O–H groups in total. The highest BCUT2D eigenvalue weighted by Gasteiger charge is 2.23. The van der Waals surface area contributed by atoms with E-state index in [1.807, 2.05) is 35.2 Å². The molecule has 2 heterocycles. The first-order valence-electron chi connectivity index (χ1n) is 11.9. The molecule has 4 aromatic rings. The maximum Gasteiger partial charge on any atom is 0.253 e. The zero-order chi connectivity index (χ0) is 23.7. The summed E-state index contributed by atoms with van der Waals surface area (Å²) in [5.74, 6) is 0.118. The Morgan fingerprint density at radius 1 is 0.853 bits per heavy atom. The van der Waals surface area contributed by atoms with E-state index in [1.54, 1.807) is 0 Å². The summed E-state index contributed by atoms with van der Waals surface area (Å²) in [6.07, 6.45) is 0. The van der Waals surface area contributed by atoms with Gasteiger partial charge in [0.25, 0.3) is 5.91 Å². The zero-order valence-corrected chi connectivity index (χ0v) is 20.6. The molecule has 34 heavy (non-hydrogen) atoms. The van der Waals surface area contributed by atoms with Gasteiger partial charge in [0, 0.05) is 66.5 Å². The van der Waals surface area contributed by atoms with Crippen LogP contribution in [0.15, 0.2) is 72.8 Å². The molecule has 5 rings (SSSR count). The van der Waals surface area contributed by atoms with Crippen molar-refractivity contribution in [3.63, 3.8) is 0 Å². The molecule has 0 unspecified atom stereocenters. The Morgan fingerprint density at radius 2 is 1.56 bits per heavy atom. The molecule has 0 aliphatic carbocycles. The first kappa shape index (κ1) is 22.7. The van der Waals surface area contributed by atoms with Gasteiger partial charge < -0.3 is 9.47 Å². The third-order valence-corrected chi connectivity index (χ3v) is 7.45. The Kier molecular flexibility index (Phi) is 6.44. The highest BCUT2D eigenvalue weighted by Crippen LogP contribution is 2.28. The van der Waals surface area contributed by atoms with E-state index in [2.05, 4.69) is 65.8 Å². The van der Waals surface area contributed by atoms with Crippen molar-refractivity contribution in [2.45, 2.75) is 26.9 Å². The second-order valence-corrected chi connectivity index (χ2v) is 9.58. The molecule has 174 valence electrons. The molecule has 0 bridgehead atoms. The van der Waals surface area contributed by atoms with Gasteiger partial charge in [-0.25, -0.2) is 0 Å². The highest BCUT2D eigenvalue weighted by molar-refractivity contribution is 6.31. The first-order chi connectivity index (χ1) is 16.5. The largest absolute Gasteiger partial charge is 0.340 e. The molecule has 1 aliphatic heterocycles. The van der Waals surface area contributed by atoms with Crippen LogP contribution in [-0.2, 0) is 13.1 Å². The Labute approximate surface area is 206 Å². The van der Waals surface area contributed by atoms with Gasteiger partial charge in [-0.2, -0.15) is 0 Å². The lowest BCUT2D eigenvalue weighted by Gasteiger charge is -2.35. The van der Waals surface area contributed by atoms with Crippen LogP contribution in [0.5, 0.6) is 0 Å². The van der Waals surface area contributed by atoms with Crippen LogP contribution in [0.4, 0.5) is 0 Å². The first-order valence-corrected chi connectivity index (χ1v) is 12.3. The van der Waals surface area contributed by atoms with Crippen LogP contribution in [-0.4, -0.2) is 46.5 Å².